The third-order valence-corrected chi connectivity index (χ3v) is 5.63. The van der Waals surface area contributed by atoms with Crippen LogP contribution in [0.25, 0.3) is 17.2 Å². The molecule has 208 valence electrons. The molecule has 2 atom stereocenters. The molecule has 0 amide bonds. The van der Waals surface area contributed by atoms with Gasteiger partial charge in [-0.25, -0.2) is 23.8 Å². The lowest BCUT2D eigenvalue weighted by Crippen LogP contribution is -2.37. The monoisotopic (exact) mass is 579 g/mol. The minimum absolute atomic E-state index is 0.171. The molecule has 0 saturated heterocycles. The zero-order valence-electron chi connectivity index (χ0n) is 19.6. The summed E-state index contributed by atoms with van der Waals surface area (Å²) in [7, 11) is 0. The standard InChI is InChI=1S/C22H17ClF7N7O2/c1-11(24)17-32-16(33-37(17)19-14(21(25,26)27)3-2-8-31-19)10-36-20(39)35(9-15(38)22(28,29)30)18(34-36)12-4-6-13(23)7-5-12/h2-8,11,15,38H,9-10H2,1H3/t11?,15-/m0/s1. The molecule has 3 heterocycles. The first-order valence-corrected chi connectivity index (χ1v) is 11.4. The Kier molecular flexibility index (Phi) is 7.53. The molecule has 39 heavy (non-hydrogen) atoms. The fraction of sp³-hybridized carbons (Fsp3) is 0.318. The third-order valence-electron chi connectivity index (χ3n) is 5.37. The molecule has 0 aliphatic rings. The average Bonchev–Trinajstić information content (AvgIpc) is 3.41. The van der Waals surface area contributed by atoms with Gasteiger partial charge in [0, 0.05) is 16.8 Å². The molecule has 0 aliphatic heterocycles. The van der Waals surface area contributed by atoms with Gasteiger partial charge < -0.3 is 5.11 Å². The predicted octanol–water partition coefficient (Wildman–Crippen LogP) is 4.36. The van der Waals surface area contributed by atoms with Gasteiger partial charge in [0.15, 0.2) is 35.6 Å². The number of aliphatic hydroxyl groups excluding tert-OH is 1. The smallest absolute Gasteiger partial charge is 0.382 e. The topological polar surface area (TPSA) is 104 Å². The Morgan fingerprint density at radius 2 is 1.72 bits per heavy atom. The second-order valence-corrected chi connectivity index (χ2v) is 8.66. The van der Waals surface area contributed by atoms with Crippen LogP contribution in [0.3, 0.4) is 0 Å². The summed E-state index contributed by atoms with van der Waals surface area (Å²) in [6.45, 7) is -0.869. The molecule has 0 spiro atoms. The number of rotatable bonds is 7. The van der Waals surface area contributed by atoms with Gasteiger partial charge in [0.2, 0.25) is 0 Å². The number of hydrogen-bond donors (Lipinski definition) is 1. The summed E-state index contributed by atoms with van der Waals surface area (Å²) >= 11 is 5.85. The first-order chi connectivity index (χ1) is 18.2. The van der Waals surface area contributed by atoms with E-state index in [1.807, 2.05) is 0 Å². The maximum absolute atomic E-state index is 14.4. The molecule has 1 unspecified atom stereocenters. The van der Waals surface area contributed by atoms with E-state index < -0.39 is 60.6 Å². The van der Waals surface area contributed by atoms with Crippen LogP contribution in [0.4, 0.5) is 30.7 Å². The summed E-state index contributed by atoms with van der Waals surface area (Å²) in [5.41, 5.74) is -2.18. The van der Waals surface area contributed by atoms with Gasteiger partial charge in [0.1, 0.15) is 12.1 Å². The van der Waals surface area contributed by atoms with Gasteiger partial charge in [-0.2, -0.15) is 31.0 Å². The zero-order valence-corrected chi connectivity index (χ0v) is 20.4. The summed E-state index contributed by atoms with van der Waals surface area (Å²) in [6, 6.07) is 7.29. The maximum atomic E-state index is 14.4. The van der Waals surface area contributed by atoms with E-state index in [1.165, 1.54) is 24.3 Å². The van der Waals surface area contributed by atoms with E-state index in [9.17, 15) is 40.6 Å². The fourth-order valence-corrected chi connectivity index (χ4v) is 3.69. The predicted molar refractivity (Wildman–Crippen MR) is 122 cm³/mol. The van der Waals surface area contributed by atoms with Crippen LogP contribution in [-0.2, 0) is 19.3 Å². The van der Waals surface area contributed by atoms with Crippen molar-refractivity contribution in [1.29, 1.82) is 0 Å². The van der Waals surface area contributed by atoms with E-state index in [0.717, 1.165) is 19.2 Å². The Hall–Kier alpha value is -3.79. The number of alkyl halides is 7. The number of pyridine rings is 1. The first-order valence-electron chi connectivity index (χ1n) is 11.0. The molecule has 0 radical (unpaired) electrons. The zero-order chi connectivity index (χ0) is 28.7. The van der Waals surface area contributed by atoms with Crippen LogP contribution in [-0.4, -0.2) is 51.5 Å². The SMILES string of the molecule is CC(F)c1nc(Cn2nc(-c3ccc(Cl)cc3)n(C[C@H](O)C(F)(F)F)c2=O)nn1-c1ncccc1C(F)(F)F. The van der Waals surface area contributed by atoms with Crippen molar-refractivity contribution in [2.24, 2.45) is 0 Å². The van der Waals surface area contributed by atoms with Gasteiger partial charge in [-0.3, -0.25) is 4.57 Å². The molecule has 0 saturated carbocycles. The summed E-state index contributed by atoms with van der Waals surface area (Å²) in [6.07, 6.45) is -13.7. The van der Waals surface area contributed by atoms with Crippen molar-refractivity contribution in [2.45, 2.75) is 44.6 Å². The fourth-order valence-electron chi connectivity index (χ4n) is 3.57. The molecule has 9 nitrogen and oxygen atoms in total. The van der Waals surface area contributed by atoms with Crippen LogP contribution in [0.1, 0.15) is 30.3 Å². The first kappa shape index (κ1) is 28.2. The van der Waals surface area contributed by atoms with Crippen molar-refractivity contribution in [3.05, 3.63) is 75.3 Å². The lowest BCUT2D eigenvalue weighted by atomic mass is 10.2. The van der Waals surface area contributed by atoms with Gasteiger partial charge >= 0.3 is 18.0 Å². The normalized spacial score (nSPS) is 14.0. The molecule has 0 bridgehead atoms. The molecule has 1 aromatic carbocycles. The van der Waals surface area contributed by atoms with Crippen molar-refractivity contribution in [3.8, 4) is 17.2 Å². The van der Waals surface area contributed by atoms with Gasteiger partial charge in [-0.15, -0.1) is 10.2 Å². The molecule has 0 aliphatic carbocycles. The summed E-state index contributed by atoms with van der Waals surface area (Å²) in [4.78, 5) is 20.6. The third kappa shape index (κ3) is 5.95. The largest absolute Gasteiger partial charge is 0.420 e. The number of halogens is 8. The van der Waals surface area contributed by atoms with Gasteiger partial charge in [-0.1, -0.05) is 11.6 Å². The molecule has 17 heteroatoms. The molecular weight excluding hydrogens is 563 g/mol. The summed E-state index contributed by atoms with van der Waals surface area (Å²) in [5.74, 6) is -1.98. The molecule has 1 N–H and O–H groups in total. The van der Waals surface area contributed by atoms with Gasteiger partial charge in [-0.05, 0) is 43.3 Å². The molecule has 4 rings (SSSR count). The van der Waals surface area contributed by atoms with Crippen LogP contribution < -0.4 is 5.69 Å². The van der Waals surface area contributed by atoms with E-state index in [2.05, 4.69) is 20.2 Å². The molecule has 3 aromatic heterocycles. The quantitative estimate of drug-likeness (QED) is 0.326. The number of aromatic nitrogens is 7. The van der Waals surface area contributed by atoms with E-state index >= 15 is 0 Å². The highest BCUT2D eigenvalue weighted by atomic mass is 35.5. The van der Waals surface area contributed by atoms with Crippen molar-refractivity contribution in [3.63, 3.8) is 0 Å². The highest BCUT2D eigenvalue weighted by molar-refractivity contribution is 6.30. The highest BCUT2D eigenvalue weighted by Gasteiger charge is 2.40. The van der Waals surface area contributed by atoms with Crippen molar-refractivity contribution in [1.82, 2.24) is 34.1 Å². The van der Waals surface area contributed by atoms with E-state index in [0.29, 0.717) is 20.0 Å². The van der Waals surface area contributed by atoms with E-state index in [-0.39, 0.29) is 22.2 Å². The van der Waals surface area contributed by atoms with Crippen molar-refractivity contribution >= 4 is 11.6 Å². The second kappa shape index (κ2) is 10.4. The summed E-state index contributed by atoms with van der Waals surface area (Å²) < 4.78 is 95.9. The minimum Gasteiger partial charge on any atom is -0.382 e. The number of benzene rings is 1. The number of nitrogens with zero attached hydrogens (tertiary/aromatic N) is 7. The summed E-state index contributed by atoms with van der Waals surface area (Å²) in [5, 5.41) is 17.8. The van der Waals surface area contributed by atoms with Crippen LogP contribution in [0.15, 0.2) is 47.4 Å². The average molecular weight is 580 g/mol. The van der Waals surface area contributed by atoms with E-state index in [4.69, 9.17) is 11.6 Å². The molecular formula is C22H17ClF7N7O2. The number of hydrogen-bond acceptors (Lipinski definition) is 6. The second-order valence-electron chi connectivity index (χ2n) is 8.23. The van der Waals surface area contributed by atoms with Crippen LogP contribution in [0.2, 0.25) is 5.02 Å². The van der Waals surface area contributed by atoms with Crippen LogP contribution in [0.5, 0.6) is 0 Å². The molecule has 4 aromatic rings. The Balaban J connectivity index is 1.80. The Bertz CT molecular complexity index is 1530. The van der Waals surface area contributed by atoms with Crippen molar-refractivity contribution in [2.75, 3.05) is 0 Å². The highest BCUT2D eigenvalue weighted by Crippen LogP contribution is 2.33. The lowest BCUT2D eigenvalue weighted by Gasteiger charge is -2.15. The lowest BCUT2D eigenvalue weighted by molar-refractivity contribution is -0.207. The number of aliphatic hydroxyl groups is 1. The van der Waals surface area contributed by atoms with Gasteiger partial charge in [0.05, 0.1) is 6.54 Å². The van der Waals surface area contributed by atoms with Crippen LogP contribution in [0, 0.1) is 0 Å². The van der Waals surface area contributed by atoms with Crippen molar-refractivity contribution < 1.29 is 35.8 Å². The minimum atomic E-state index is -5.05. The van der Waals surface area contributed by atoms with Crippen LogP contribution >= 0.6 is 11.6 Å². The van der Waals surface area contributed by atoms with E-state index in [1.54, 1.807) is 0 Å². The Morgan fingerprint density at radius 1 is 1.05 bits per heavy atom. The Morgan fingerprint density at radius 3 is 2.31 bits per heavy atom. The van der Waals surface area contributed by atoms with Gasteiger partial charge in [0.25, 0.3) is 0 Å². The Labute approximate surface area is 219 Å². The molecule has 0 fully saturated rings. The maximum Gasteiger partial charge on any atom is 0.420 e.